The molecule has 132 valence electrons. The number of nitrogens with zero attached hydrogens (tertiary/aromatic N) is 1. The fraction of sp³-hybridized carbons (Fsp3) is 0.227. The summed E-state index contributed by atoms with van der Waals surface area (Å²) in [6, 6.07) is 19.0. The Kier molecular flexibility index (Phi) is 4.85. The highest BCUT2D eigenvalue weighted by molar-refractivity contribution is 7.99. The van der Waals surface area contributed by atoms with Crippen LogP contribution in [0.3, 0.4) is 0 Å². The van der Waals surface area contributed by atoms with E-state index in [1.165, 1.54) is 21.6 Å². The SMILES string of the molecule is COc1ccc(C(Sc2ccncc2)c2ccccc2)c2c1OCC2C. The van der Waals surface area contributed by atoms with Crippen molar-refractivity contribution in [1.82, 2.24) is 4.98 Å². The molecule has 3 aromatic rings. The van der Waals surface area contributed by atoms with Crippen molar-refractivity contribution in [2.45, 2.75) is 23.0 Å². The van der Waals surface area contributed by atoms with Gasteiger partial charge in [-0.2, -0.15) is 0 Å². The third-order valence-electron chi connectivity index (χ3n) is 4.67. The number of hydrogen-bond acceptors (Lipinski definition) is 4. The molecule has 0 fully saturated rings. The highest BCUT2D eigenvalue weighted by atomic mass is 32.2. The van der Waals surface area contributed by atoms with Gasteiger partial charge in [0.15, 0.2) is 11.5 Å². The number of pyridine rings is 1. The number of benzene rings is 2. The first-order valence-corrected chi connectivity index (χ1v) is 9.61. The van der Waals surface area contributed by atoms with Crippen LogP contribution in [0.15, 0.2) is 71.9 Å². The maximum absolute atomic E-state index is 5.97. The lowest BCUT2D eigenvalue weighted by Crippen LogP contribution is -2.03. The largest absolute Gasteiger partial charge is 0.493 e. The van der Waals surface area contributed by atoms with Crippen LogP contribution < -0.4 is 9.47 Å². The maximum Gasteiger partial charge on any atom is 0.165 e. The molecular formula is C22H21NO2S. The van der Waals surface area contributed by atoms with Gasteiger partial charge < -0.3 is 9.47 Å². The predicted molar refractivity (Wildman–Crippen MR) is 105 cm³/mol. The highest BCUT2D eigenvalue weighted by Gasteiger charge is 2.31. The average molecular weight is 363 g/mol. The third kappa shape index (κ3) is 3.17. The number of aromatic nitrogens is 1. The summed E-state index contributed by atoms with van der Waals surface area (Å²) in [7, 11) is 1.70. The normalized spacial score (nSPS) is 16.6. The van der Waals surface area contributed by atoms with Crippen molar-refractivity contribution < 1.29 is 9.47 Å². The molecule has 0 aliphatic carbocycles. The van der Waals surface area contributed by atoms with Crippen LogP contribution in [0.25, 0.3) is 0 Å². The summed E-state index contributed by atoms with van der Waals surface area (Å²) in [5.41, 5.74) is 3.83. The molecule has 0 radical (unpaired) electrons. The molecule has 1 aromatic heterocycles. The summed E-state index contributed by atoms with van der Waals surface area (Å²) in [6.45, 7) is 2.91. The monoisotopic (exact) mass is 363 g/mol. The highest BCUT2D eigenvalue weighted by Crippen LogP contribution is 2.50. The van der Waals surface area contributed by atoms with Crippen molar-refractivity contribution >= 4 is 11.8 Å². The predicted octanol–water partition coefficient (Wildman–Crippen LogP) is 5.47. The molecule has 1 aliphatic heterocycles. The van der Waals surface area contributed by atoms with Gasteiger partial charge in [-0.15, -0.1) is 11.8 Å². The maximum atomic E-state index is 5.97. The second-order valence-corrected chi connectivity index (χ2v) is 7.58. The first-order valence-electron chi connectivity index (χ1n) is 8.73. The van der Waals surface area contributed by atoms with Crippen molar-refractivity contribution in [3.05, 3.63) is 83.7 Å². The summed E-state index contributed by atoms with van der Waals surface area (Å²) >= 11 is 1.84. The molecule has 0 bridgehead atoms. The second-order valence-electron chi connectivity index (χ2n) is 6.40. The number of fused-ring (bicyclic) bond motifs is 1. The summed E-state index contributed by atoms with van der Waals surface area (Å²) in [5, 5.41) is 0.183. The van der Waals surface area contributed by atoms with E-state index in [1.807, 2.05) is 30.2 Å². The van der Waals surface area contributed by atoms with Crippen LogP contribution in [-0.4, -0.2) is 18.7 Å². The van der Waals surface area contributed by atoms with Gasteiger partial charge in [0.1, 0.15) is 0 Å². The number of hydrogen-bond donors (Lipinski definition) is 0. The Hall–Kier alpha value is -2.46. The van der Waals surface area contributed by atoms with Crippen molar-refractivity contribution in [3.63, 3.8) is 0 Å². The van der Waals surface area contributed by atoms with Gasteiger partial charge >= 0.3 is 0 Å². The molecule has 4 heteroatoms. The van der Waals surface area contributed by atoms with Gasteiger partial charge in [0.2, 0.25) is 0 Å². The number of rotatable bonds is 5. The minimum absolute atomic E-state index is 0.183. The molecule has 2 aromatic carbocycles. The molecule has 1 aliphatic rings. The molecule has 26 heavy (non-hydrogen) atoms. The van der Waals surface area contributed by atoms with E-state index in [0.717, 1.165) is 11.5 Å². The zero-order chi connectivity index (χ0) is 17.9. The number of ether oxygens (including phenoxy) is 2. The van der Waals surface area contributed by atoms with Crippen LogP contribution in [0.1, 0.15) is 34.8 Å². The third-order valence-corrected chi connectivity index (χ3v) is 5.98. The van der Waals surface area contributed by atoms with E-state index in [2.05, 4.69) is 60.4 Å². The van der Waals surface area contributed by atoms with Crippen molar-refractivity contribution in [3.8, 4) is 11.5 Å². The fourth-order valence-corrected chi connectivity index (χ4v) is 4.60. The molecule has 2 heterocycles. The molecule has 2 unspecified atom stereocenters. The lowest BCUT2D eigenvalue weighted by Gasteiger charge is -2.22. The zero-order valence-electron chi connectivity index (χ0n) is 14.9. The molecule has 0 amide bonds. The summed E-state index contributed by atoms with van der Waals surface area (Å²) in [5.74, 6) is 2.06. The lowest BCUT2D eigenvalue weighted by atomic mass is 9.92. The Bertz CT molecular complexity index is 883. The second kappa shape index (κ2) is 7.42. The quantitative estimate of drug-likeness (QED) is 0.563. The van der Waals surface area contributed by atoms with E-state index in [0.29, 0.717) is 12.5 Å². The minimum Gasteiger partial charge on any atom is -0.493 e. The average Bonchev–Trinajstić information content (AvgIpc) is 3.09. The van der Waals surface area contributed by atoms with Gasteiger partial charge in [0.25, 0.3) is 0 Å². The van der Waals surface area contributed by atoms with E-state index in [9.17, 15) is 0 Å². The van der Waals surface area contributed by atoms with Gasteiger partial charge in [0, 0.05) is 28.8 Å². The van der Waals surface area contributed by atoms with Crippen LogP contribution in [0.2, 0.25) is 0 Å². The Labute approximate surface area is 158 Å². The van der Waals surface area contributed by atoms with E-state index >= 15 is 0 Å². The number of thioether (sulfide) groups is 1. The van der Waals surface area contributed by atoms with Crippen molar-refractivity contribution in [1.29, 1.82) is 0 Å². The van der Waals surface area contributed by atoms with Crippen LogP contribution in [0, 0.1) is 0 Å². The van der Waals surface area contributed by atoms with E-state index < -0.39 is 0 Å². The Balaban J connectivity index is 1.84. The Morgan fingerprint density at radius 3 is 2.58 bits per heavy atom. The molecule has 2 atom stereocenters. The summed E-state index contributed by atoms with van der Waals surface area (Å²) < 4.78 is 11.5. The van der Waals surface area contributed by atoms with Crippen LogP contribution in [-0.2, 0) is 0 Å². The molecule has 0 spiro atoms. The van der Waals surface area contributed by atoms with Crippen LogP contribution in [0.4, 0.5) is 0 Å². The summed E-state index contributed by atoms with van der Waals surface area (Å²) in [4.78, 5) is 5.34. The Morgan fingerprint density at radius 2 is 1.85 bits per heavy atom. The number of methoxy groups -OCH3 is 1. The van der Waals surface area contributed by atoms with Gasteiger partial charge in [-0.25, -0.2) is 0 Å². The van der Waals surface area contributed by atoms with Gasteiger partial charge in [0.05, 0.1) is 19.0 Å². The van der Waals surface area contributed by atoms with Gasteiger partial charge in [-0.3, -0.25) is 4.98 Å². The van der Waals surface area contributed by atoms with Crippen molar-refractivity contribution in [2.24, 2.45) is 0 Å². The molecule has 4 rings (SSSR count). The van der Waals surface area contributed by atoms with Gasteiger partial charge in [-0.05, 0) is 29.3 Å². The van der Waals surface area contributed by atoms with Crippen molar-refractivity contribution in [2.75, 3.05) is 13.7 Å². The van der Waals surface area contributed by atoms with Gasteiger partial charge in [-0.1, -0.05) is 43.3 Å². The topological polar surface area (TPSA) is 31.4 Å². The molecule has 0 saturated heterocycles. The molecule has 3 nitrogen and oxygen atoms in total. The van der Waals surface area contributed by atoms with E-state index in [4.69, 9.17) is 9.47 Å². The van der Waals surface area contributed by atoms with E-state index in [1.54, 1.807) is 7.11 Å². The standard InChI is InChI=1S/C22H21NO2S/c1-15-14-25-21-19(24-2)9-8-18(20(15)21)22(16-6-4-3-5-7-16)26-17-10-12-23-13-11-17/h3-13,15,22H,14H2,1-2H3. The smallest absolute Gasteiger partial charge is 0.165 e. The van der Waals surface area contributed by atoms with E-state index in [-0.39, 0.29) is 5.25 Å². The van der Waals surface area contributed by atoms with Crippen LogP contribution >= 0.6 is 11.8 Å². The molecular weight excluding hydrogens is 342 g/mol. The summed E-state index contributed by atoms with van der Waals surface area (Å²) in [6.07, 6.45) is 3.68. The molecule has 0 saturated carbocycles. The Morgan fingerprint density at radius 1 is 1.08 bits per heavy atom. The molecule has 0 N–H and O–H groups in total. The zero-order valence-corrected chi connectivity index (χ0v) is 15.7. The van der Waals surface area contributed by atoms with Crippen LogP contribution in [0.5, 0.6) is 11.5 Å². The fourth-order valence-electron chi connectivity index (χ4n) is 3.42. The minimum atomic E-state index is 0.183. The first-order chi connectivity index (χ1) is 12.8. The first kappa shape index (κ1) is 17.0. The lowest BCUT2D eigenvalue weighted by molar-refractivity contribution is 0.314.